The van der Waals surface area contributed by atoms with Crippen LogP contribution in [0.15, 0.2) is 40.8 Å². The molecule has 4 nitrogen and oxygen atoms in total. The third-order valence-electron chi connectivity index (χ3n) is 4.08. The minimum Gasteiger partial charge on any atom is -0.475 e. The Bertz CT molecular complexity index is 647. The van der Waals surface area contributed by atoms with E-state index < -0.39 is 5.97 Å². The number of hydrogen-bond donors (Lipinski definition) is 2. The minimum atomic E-state index is -1.03. The van der Waals surface area contributed by atoms with E-state index in [0.717, 1.165) is 12.8 Å². The average molecular weight is 285 g/mol. The fourth-order valence-corrected chi connectivity index (χ4v) is 3.01. The molecule has 3 rings (SSSR count). The Morgan fingerprint density at radius 1 is 1.33 bits per heavy atom. The fourth-order valence-electron chi connectivity index (χ4n) is 3.01. The standard InChI is InChI=1S/C17H19NO3/c1-11(15-9-10-16(21-15)17(19)20)18-14-8-4-6-12-5-2-3-7-13(12)14/h2-3,5,7,9-11,14,18H,4,6,8H2,1H3,(H,19,20). The third-order valence-corrected chi connectivity index (χ3v) is 4.08. The molecular weight excluding hydrogens is 266 g/mol. The van der Waals surface area contributed by atoms with Crippen LogP contribution in [0.3, 0.4) is 0 Å². The summed E-state index contributed by atoms with van der Waals surface area (Å²) in [5, 5.41) is 12.5. The summed E-state index contributed by atoms with van der Waals surface area (Å²) in [6.45, 7) is 2.00. The lowest BCUT2D eigenvalue weighted by Crippen LogP contribution is -2.27. The lowest BCUT2D eigenvalue weighted by molar-refractivity contribution is 0.0659. The lowest BCUT2D eigenvalue weighted by Gasteiger charge is -2.28. The Labute approximate surface area is 123 Å². The molecule has 0 saturated carbocycles. The summed E-state index contributed by atoms with van der Waals surface area (Å²) < 4.78 is 5.37. The van der Waals surface area contributed by atoms with Crippen LogP contribution in [0.25, 0.3) is 0 Å². The maximum Gasteiger partial charge on any atom is 0.371 e. The number of fused-ring (bicyclic) bond motifs is 1. The number of rotatable bonds is 4. The van der Waals surface area contributed by atoms with E-state index in [1.807, 2.05) is 6.92 Å². The normalized spacial score (nSPS) is 19.0. The third kappa shape index (κ3) is 2.85. The van der Waals surface area contributed by atoms with Crippen molar-refractivity contribution in [3.8, 4) is 0 Å². The van der Waals surface area contributed by atoms with Crippen molar-refractivity contribution in [2.24, 2.45) is 0 Å². The van der Waals surface area contributed by atoms with Gasteiger partial charge in [-0.05, 0) is 49.4 Å². The molecule has 0 saturated heterocycles. The monoisotopic (exact) mass is 285 g/mol. The second kappa shape index (κ2) is 5.74. The molecule has 1 aromatic heterocycles. The first-order chi connectivity index (χ1) is 10.1. The summed E-state index contributed by atoms with van der Waals surface area (Å²) in [6.07, 6.45) is 3.39. The van der Waals surface area contributed by atoms with E-state index in [0.29, 0.717) is 11.8 Å². The number of carboxylic acid groups (broad SMARTS) is 1. The van der Waals surface area contributed by atoms with E-state index in [4.69, 9.17) is 9.52 Å². The van der Waals surface area contributed by atoms with Gasteiger partial charge in [0.15, 0.2) is 0 Å². The summed E-state index contributed by atoms with van der Waals surface area (Å²) in [5.74, 6) is -0.380. The summed E-state index contributed by atoms with van der Waals surface area (Å²) in [5.41, 5.74) is 2.75. The molecule has 0 bridgehead atoms. The van der Waals surface area contributed by atoms with Crippen LogP contribution >= 0.6 is 0 Å². The minimum absolute atomic E-state index is 0.0114. The van der Waals surface area contributed by atoms with Crippen molar-refractivity contribution in [2.45, 2.75) is 38.3 Å². The maximum absolute atomic E-state index is 10.9. The molecular formula is C17H19NO3. The molecule has 2 N–H and O–H groups in total. The number of nitrogens with one attached hydrogen (secondary N) is 1. The molecule has 4 heteroatoms. The van der Waals surface area contributed by atoms with E-state index in [1.54, 1.807) is 6.07 Å². The number of aromatic carboxylic acids is 1. The first-order valence-electron chi connectivity index (χ1n) is 7.32. The molecule has 0 spiro atoms. The van der Waals surface area contributed by atoms with Gasteiger partial charge in [0.1, 0.15) is 5.76 Å². The number of carbonyl (C=O) groups is 1. The van der Waals surface area contributed by atoms with Crippen LogP contribution in [0.2, 0.25) is 0 Å². The second-order valence-corrected chi connectivity index (χ2v) is 5.54. The van der Waals surface area contributed by atoms with Crippen molar-refractivity contribution in [3.05, 3.63) is 59.0 Å². The van der Waals surface area contributed by atoms with Gasteiger partial charge in [-0.1, -0.05) is 24.3 Å². The van der Waals surface area contributed by atoms with Gasteiger partial charge in [-0.2, -0.15) is 0 Å². The smallest absolute Gasteiger partial charge is 0.371 e. The molecule has 0 radical (unpaired) electrons. The highest BCUT2D eigenvalue weighted by molar-refractivity contribution is 5.84. The van der Waals surface area contributed by atoms with Gasteiger partial charge in [0.25, 0.3) is 0 Å². The van der Waals surface area contributed by atoms with Gasteiger partial charge in [0.05, 0.1) is 6.04 Å². The topological polar surface area (TPSA) is 62.5 Å². The predicted octanol–water partition coefficient (Wildman–Crippen LogP) is 3.71. The molecule has 2 aromatic rings. The van der Waals surface area contributed by atoms with E-state index in [-0.39, 0.29) is 11.8 Å². The van der Waals surface area contributed by atoms with Crippen molar-refractivity contribution in [1.82, 2.24) is 5.32 Å². The Morgan fingerprint density at radius 2 is 2.14 bits per heavy atom. The fraction of sp³-hybridized carbons (Fsp3) is 0.353. The van der Waals surface area contributed by atoms with E-state index in [2.05, 4.69) is 29.6 Å². The van der Waals surface area contributed by atoms with Crippen LogP contribution in [-0.2, 0) is 6.42 Å². The molecule has 0 aliphatic heterocycles. The Morgan fingerprint density at radius 3 is 2.90 bits per heavy atom. The molecule has 110 valence electrons. The highest BCUT2D eigenvalue weighted by Gasteiger charge is 2.23. The van der Waals surface area contributed by atoms with Crippen LogP contribution < -0.4 is 5.32 Å². The molecule has 0 amide bonds. The number of hydrogen-bond acceptors (Lipinski definition) is 3. The van der Waals surface area contributed by atoms with Gasteiger partial charge >= 0.3 is 5.97 Å². The molecule has 1 aliphatic carbocycles. The van der Waals surface area contributed by atoms with Crippen molar-refractivity contribution in [1.29, 1.82) is 0 Å². The zero-order chi connectivity index (χ0) is 14.8. The molecule has 1 heterocycles. The number of aryl methyl sites for hydroxylation is 1. The Hall–Kier alpha value is -2.07. The van der Waals surface area contributed by atoms with Crippen LogP contribution in [0.4, 0.5) is 0 Å². The molecule has 0 fully saturated rings. The van der Waals surface area contributed by atoms with Gasteiger partial charge in [-0.15, -0.1) is 0 Å². The second-order valence-electron chi connectivity index (χ2n) is 5.54. The molecule has 1 aromatic carbocycles. The molecule has 21 heavy (non-hydrogen) atoms. The van der Waals surface area contributed by atoms with Gasteiger partial charge in [0, 0.05) is 6.04 Å². The van der Waals surface area contributed by atoms with Crippen molar-refractivity contribution < 1.29 is 14.3 Å². The van der Waals surface area contributed by atoms with Gasteiger partial charge in [0.2, 0.25) is 5.76 Å². The van der Waals surface area contributed by atoms with Crippen LogP contribution in [0.1, 0.15) is 59.3 Å². The molecule has 1 aliphatic rings. The van der Waals surface area contributed by atoms with Gasteiger partial charge in [-0.3, -0.25) is 0 Å². The van der Waals surface area contributed by atoms with Crippen LogP contribution in [0.5, 0.6) is 0 Å². The largest absolute Gasteiger partial charge is 0.475 e. The lowest BCUT2D eigenvalue weighted by atomic mass is 9.87. The van der Waals surface area contributed by atoms with Crippen LogP contribution in [0, 0.1) is 0 Å². The number of carboxylic acids is 1. The predicted molar refractivity (Wildman–Crippen MR) is 79.3 cm³/mol. The SMILES string of the molecule is CC(NC1CCCc2ccccc21)c1ccc(C(=O)O)o1. The maximum atomic E-state index is 10.9. The zero-order valence-corrected chi connectivity index (χ0v) is 12.0. The first kappa shape index (κ1) is 13.9. The zero-order valence-electron chi connectivity index (χ0n) is 12.0. The van der Waals surface area contributed by atoms with Gasteiger partial charge < -0.3 is 14.8 Å². The van der Waals surface area contributed by atoms with Crippen molar-refractivity contribution in [2.75, 3.05) is 0 Å². The quantitative estimate of drug-likeness (QED) is 0.899. The summed E-state index contributed by atoms with van der Waals surface area (Å²) in [4.78, 5) is 10.9. The Kier molecular flexibility index (Phi) is 3.80. The van der Waals surface area contributed by atoms with E-state index in [9.17, 15) is 4.79 Å². The van der Waals surface area contributed by atoms with E-state index >= 15 is 0 Å². The highest BCUT2D eigenvalue weighted by atomic mass is 16.4. The first-order valence-corrected chi connectivity index (χ1v) is 7.32. The summed E-state index contributed by atoms with van der Waals surface area (Å²) in [6, 6.07) is 12.0. The number of benzene rings is 1. The summed E-state index contributed by atoms with van der Waals surface area (Å²) >= 11 is 0. The van der Waals surface area contributed by atoms with Crippen molar-refractivity contribution >= 4 is 5.97 Å². The van der Waals surface area contributed by atoms with Gasteiger partial charge in [-0.25, -0.2) is 4.79 Å². The number of furan rings is 1. The Balaban J connectivity index is 1.76. The molecule has 2 atom stereocenters. The molecule has 2 unspecified atom stereocenters. The van der Waals surface area contributed by atoms with Crippen LogP contribution in [-0.4, -0.2) is 11.1 Å². The van der Waals surface area contributed by atoms with E-state index in [1.165, 1.54) is 23.6 Å². The average Bonchev–Trinajstić information content (AvgIpc) is 2.98. The highest BCUT2D eigenvalue weighted by Crippen LogP contribution is 2.31. The van der Waals surface area contributed by atoms with Crippen molar-refractivity contribution in [3.63, 3.8) is 0 Å². The summed E-state index contributed by atoms with van der Waals surface area (Å²) in [7, 11) is 0.